The van der Waals surface area contributed by atoms with Crippen molar-refractivity contribution in [3.05, 3.63) is 40.4 Å². The molecule has 2 aliphatic rings. The second kappa shape index (κ2) is 5.35. The van der Waals surface area contributed by atoms with Crippen molar-refractivity contribution in [1.29, 1.82) is 0 Å². The number of hydrogen-bond donors (Lipinski definition) is 1. The molecule has 0 spiro atoms. The van der Waals surface area contributed by atoms with E-state index in [0.717, 1.165) is 16.2 Å². The lowest BCUT2D eigenvalue weighted by Gasteiger charge is -2.10. The molecule has 1 saturated carbocycles. The van der Waals surface area contributed by atoms with Crippen LogP contribution in [0, 0.1) is 0 Å². The van der Waals surface area contributed by atoms with Crippen molar-refractivity contribution >= 4 is 38.3 Å². The lowest BCUT2D eigenvalue weighted by molar-refractivity contribution is 0.0642. The van der Waals surface area contributed by atoms with E-state index in [9.17, 15) is 18.0 Å². The maximum absolute atomic E-state index is 12.3. The third-order valence-corrected chi connectivity index (χ3v) is 6.61. The standard InChI is InChI=1S/C14H12N4O4S2/c19-12-9-3-1-2-4-10(9)13(20)18(12)7-11-15-16-14(23-11)17-24(21,22)8-5-6-8/h1-4,8H,5-7H2,(H,16,17). The molecule has 1 aromatic carbocycles. The molecule has 1 aliphatic carbocycles. The summed E-state index contributed by atoms with van der Waals surface area (Å²) in [5, 5.41) is 7.83. The molecule has 124 valence electrons. The predicted octanol–water partition coefficient (Wildman–Crippen LogP) is 1.24. The van der Waals surface area contributed by atoms with Gasteiger partial charge in [0.2, 0.25) is 15.2 Å². The number of benzene rings is 1. The van der Waals surface area contributed by atoms with Gasteiger partial charge in [0.15, 0.2) is 0 Å². The van der Waals surface area contributed by atoms with Gasteiger partial charge in [-0.15, -0.1) is 10.2 Å². The molecule has 0 saturated heterocycles. The molecule has 4 rings (SSSR count). The Kier molecular flexibility index (Phi) is 3.39. The van der Waals surface area contributed by atoms with E-state index in [1.165, 1.54) is 0 Å². The van der Waals surface area contributed by atoms with E-state index < -0.39 is 10.0 Å². The fraction of sp³-hybridized carbons (Fsp3) is 0.286. The van der Waals surface area contributed by atoms with Crippen molar-refractivity contribution in [1.82, 2.24) is 15.1 Å². The van der Waals surface area contributed by atoms with Gasteiger partial charge in [-0.3, -0.25) is 19.2 Å². The van der Waals surface area contributed by atoms with E-state index in [-0.39, 0.29) is 28.7 Å². The molecule has 0 bridgehead atoms. The summed E-state index contributed by atoms with van der Waals surface area (Å²) in [6.07, 6.45) is 1.30. The van der Waals surface area contributed by atoms with Crippen LogP contribution in [-0.2, 0) is 16.6 Å². The van der Waals surface area contributed by atoms with Crippen molar-refractivity contribution in [3.63, 3.8) is 0 Å². The van der Waals surface area contributed by atoms with Crippen molar-refractivity contribution in [2.24, 2.45) is 0 Å². The van der Waals surface area contributed by atoms with Gasteiger partial charge in [0.1, 0.15) is 5.01 Å². The number of rotatable bonds is 5. The molecule has 8 nitrogen and oxygen atoms in total. The van der Waals surface area contributed by atoms with Gasteiger partial charge >= 0.3 is 0 Å². The second-order valence-corrected chi connectivity index (χ2v) is 8.61. The number of hydrogen-bond acceptors (Lipinski definition) is 7. The largest absolute Gasteiger partial charge is 0.269 e. The van der Waals surface area contributed by atoms with Crippen molar-refractivity contribution in [2.75, 3.05) is 4.72 Å². The third-order valence-electron chi connectivity index (χ3n) is 3.83. The summed E-state index contributed by atoms with van der Waals surface area (Å²) in [7, 11) is -3.41. The van der Waals surface area contributed by atoms with Crippen molar-refractivity contribution in [2.45, 2.75) is 24.6 Å². The van der Waals surface area contributed by atoms with Gasteiger partial charge in [-0.05, 0) is 25.0 Å². The Hall–Kier alpha value is -2.33. The van der Waals surface area contributed by atoms with E-state index in [0.29, 0.717) is 29.0 Å². The summed E-state index contributed by atoms with van der Waals surface area (Å²) in [6.45, 7) is -0.0326. The highest BCUT2D eigenvalue weighted by Gasteiger charge is 2.37. The zero-order valence-corrected chi connectivity index (χ0v) is 13.9. The summed E-state index contributed by atoms with van der Waals surface area (Å²) in [5.74, 6) is -0.767. The Labute approximate surface area is 141 Å². The first-order valence-corrected chi connectivity index (χ1v) is 9.61. The Morgan fingerprint density at radius 2 is 1.75 bits per heavy atom. The maximum atomic E-state index is 12.3. The lowest BCUT2D eigenvalue weighted by atomic mass is 10.1. The molecule has 0 atom stereocenters. The number of fused-ring (bicyclic) bond motifs is 1. The third kappa shape index (κ3) is 2.57. The Bertz CT molecular complexity index is 914. The van der Waals surface area contributed by atoms with Gasteiger partial charge in [-0.1, -0.05) is 23.5 Å². The lowest BCUT2D eigenvalue weighted by Crippen LogP contribution is -2.29. The summed E-state index contributed by atoms with van der Waals surface area (Å²) in [5.41, 5.74) is 0.725. The van der Waals surface area contributed by atoms with Gasteiger partial charge in [-0.2, -0.15) is 0 Å². The molecular formula is C14H12N4O4S2. The summed E-state index contributed by atoms with van der Waals surface area (Å²) < 4.78 is 26.1. The zero-order valence-electron chi connectivity index (χ0n) is 12.3. The number of nitrogens with zero attached hydrogens (tertiary/aromatic N) is 3. The Morgan fingerprint density at radius 3 is 2.33 bits per heavy atom. The molecule has 2 aromatic rings. The van der Waals surface area contributed by atoms with E-state index in [1.54, 1.807) is 24.3 Å². The molecule has 2 heterocycles. The minimum absolute atomic E-state index is 0.0326. The van der Waals surface area contributed by atoms with E-state index in [2.05, 4.69) is 14.9 Å². The fourth-order valence-electron chi connectivity index (χ4n) is 2.46. The SMILES string of the molecule is O=C1c2ccccc2C(=O)N1Cc1nnc(NS(=O)(=O)C2CC2)s1. The van der Waals surface area contributed by atoms with Crippen LogP contribution in [0.1, 0.15) is 38.6 Å². The number of carbonyl (C=O) groups excluding carboxylic acids is 2. The topological polar surface area (TPSA) is 109 Å². The van der Waals surface area contributed by atoms with Crippen molar-refractivity contribution in [3.8, 4) is 0 Å². The minimum Gasteiger partial charge on any atom is -0.269 e. The molecule has 2 amide bonds. The van der Waals surface area contributed by atoms with Crippen LogP contribution in [-0.4, -0.2) is 40.6 Å². The highest BCUT2D eigenvalue weighted by Crippen LogP contribution is 2.31. The second-order valence-electron chi connectivity index (χ2n) is 5.59. The van der Waals surface area contributed by atoms with Gasteiger partial charge in [-0.25, -0.2) is 8.42 Å². The zero-order chi connectivity index (χ0) is 16.9. The maximum Gasteiger partial charge on any atom is 0.261 e. The van der Waals surface area contributed by atoms with Crippen LogP contribution >= 0.6 is 11.3 Å². The molecule has 1 N–H and O–H groups in total. The molecule has 1 aromatic heterocycles. The van der Waals surface area contributed by atoms with Crippen LogP contribution < -0.4 is 4.72 Å². The van der Waals surface area contributed by atoms with Crippen molar-refractivity contribution < 1.29 is 18.0 Å². The van der Waals surface area contributed by atoms with Crippen LogP contribution in [0.25, 0.3) is 0 Å². The molecule has 1 fully saturated rings. The average molecular weight is 364 g/mol. The number of anilines is 1. The first kappa shape index (κ1) is 15.2. The van der Waals surface area contributed by atoms with E-state index >= 15 is 0 Å². The minimum atomic E-state index is -3.41. The van der Waals surface area contributed by atoms with Gasteiger partial charge in [0.05, 0.1) is 22.9 Å². The van der Waals surface area contributed by atoms with Crippen LogP contribution in [0.5, 0.6) is 0 Å². The molecule has 10 heteroatoms. The highest BCUT2D eigenvalue weighted by molar-refractivity contribution is 7.93. The molecule has 0 unspecified atom stereocenters. The number of amides is 2. The van der Waals surface area contributed by atoms with Crippen LogP contribution in [0.15, 0.2) is 24.3 Å². The van der Waals surface area contributed by atoms with Crippen LogP contribution in [0.3, 0.4) is 0 Å². The average Bonchev–Trinajstić information content (AvgIpc) is 3.30. The summed E-state index contributed by atoms with van der Waals surface area (Å²) in [4.78, 5) is 25.7. The summed E-state index contributed by atoms with van der Waals surface area (Å²) in [6, 6.07) is 6.60. The number of nitrogens with one attached hydrogen (secondary N) is 1. The first-order chi connectivity index (χ1) is 11.5. The van der Waals surface area contributed by atoms with E-state index in [1.807, 2.05) is 0 Å². The quantitative estimate of drug-likeness (QED) is 0.800. The highest BCUT2D eigenvalue weighted by atomic mass is 32.2. The summed E-state index contributed by atoms with van der Waals surface area (Å²) >= 11 is 1.02. The number of carbonyl (C=O) groups is 2. The first-order valence-electron chi connectivity index (χ1n) is 7.25. The molecule has 24 heavy (non-hydrogen) atoms. The van der Waals surface area contributed by atoms with Gasteiger partial charge < -0.3 is 0 Å². The van der Waals surface area contributed by atoms with Crippen LogP contribution in [0.4, 0.5) is 5.13 Å². The Morgan fingerprint density at radius 1 is 1.12 bits per heavy atom. The van der Waals surface area contributed by atoms with Crippen LogP contribution in [0.2, 0.25) is 0 Å². The monoisotopic (exact) mass is 364 g/mol. The molecule has 1 aliphatic heterocycles. The Balaban J connectivity index is 1.51. The van der Waals surface area contributed by atoms with Gasteiger partial charge in [0, 0.05) is 0 Å². The van der Waals surface area contributed by atoms with E-state index in [4.69, 9.17) is 0 Å². The predicted molar refractivity (Wildman–Crippen MR) is 86.1 cm³/mol. The fourth-order valence-corrected chi connectivity index (χ4v) is 4.76. The number of imide groups is 1. The number of aromatic nitrogens is 2. The molecule has 0 radical (unpaired) electrons. The molecular weight excluding hydrogens is 352 g/mol. The van der Waals surface area contributed by atoms with Gasteiger partial charge in [0.25, 0.3) is 11.8 Å². The number of sulfonamides is 1. The normalized spacial score (nSPS) is 17.2. The smallest absolute Gasteiger partial charge is 0.261 e.